The fourth-order valence-electron chi connectivity index (χ4n) is 0.994. The minimum atomic E-state index is -1.22. The van der Waals surface area contributed by atoms with Crippen molar-refractivity contribution < 1.29 is 19.7 Å². The van der Waals surface area contributed by atoms with Gasteiger partial charge in [0.15, 0.2) is 0 Å². The smallest absolute Gasteiger partial charge is 0.339 e. The van der Waals surface area contributed by atoms with Gasteiger partial charge in [0.2, 0.25) is 0 Å². The van der Waals surface area contributed by atoms with E-state index < -0.39 is 5.97 Å². The van der Waals surface area contributed by atoms with Crippen molar-refractivity contribution in [2.24, 2.45) is 0 Å². The predicted molar refractivity (Wildman–Crippen MR) is 46.3 cm³/mol. The van der Waals surface area contributed by atoms with Crippen LogP contribution in [0.5, 0.6) is 11.5 Å². The molecule has 0 atom stereocenters. The number of rotatable bonds is 2. The summed E-state index contributed by atoms with van der Waals surface area (Å²) in [6, 6.07) is 3.88. The molecule has 5 nitrogen and oxygen atoms in total. The number of methoxy groups -OCH3 is 1. The molecule has 0 aromatic heterocycles. The number of carboxylic acids is 1. The SMILES string of the molecule is COc1cc(C#N)c(O)cc1C(=O)O. The predicted octanol–water partition coefficient (Wildman–Crippen LogP) is 0.971. The van der Waals surface area contributed by atoms with Crippen LogP contribution in [-0.2, 0) is 0 Å². The third-order valence-electron chi connectivity index (χ3n) is 1.67. The van der Waals surface area contributed by atoms with Gasteiger partial charge >= 0.3 is 5.97 Å². The molecule has 72 valence electrons. The van der Waals surface area contributed by atoms with Crippen LogP contribution in [0.3, 0.4) is 0 Å². The maximum absolute atomic E-state index is 10.7. The minimum Gasteiger partial charge on any atom is -0.507 e. The zero-order valence-electron chi connectivity index (χ0n) is 7.31. The number of aromatic hydroxyl groups is 1. The fourth-order valence-corrected chi connectivity index (χ4v) is 0.994. The zero-order valence-corrected chi connectivity index (χ0v) is 7.31. The van der Waals surface area contributed by atoms with E-state index in [-0.39, 0.29) is 22.6 Å². The number of carboxylic acid groups (broad SMARTS) is 1. The Kier molecular flexibility index (Phi) is 2.58. The number of phenols is 1. The highest BCUT2D eigenvalue weighted by Gasteiger charge is 2.14. The summed E-state index contributed by atoms with van der Waals surface area (Å²) in [7, 11) is 1.29. The summed E-state index contributed by atoms with van der Waals surface area (Å²) in [6.45, 7) is 0. The average molecular weight is 193 g/mol. The van der Waals surface area contributed by atoms with Gasteiger partial charge in [-0.25, -0.2) is 4.79 Å². The van der Waals surface area contributed by atoms with Crippen molar-refractivity contribution in [1.29, 1.82) is 5.26 Å². The van der Waals surface area contributed by atoms with Crippen LogP contribution in [0.4, 0.5) is 0 Å². The number of ether oxygens (including phenoxy) is 1. The van der Waals surface area contributed by atoms with Gasteiger partial charge in [0.1, 0.15) is 23.1 Å². The lowest BCUT2D eigenvalue weighted by molar-refractivity contribution is 0.0693. The number of hydrogen-bond acceptors (Lipinski definition) is 4. The van der Waals surface area contributed by atoms with Gasteiger partial charge in [-0.2, -0.15) is 5.26 Å². The lowest BCUT2D eigenvalue weighted by Crippen LogP contribution is -2.00. The molecule has 0 unspecified atom stereocenters. The summed E-state index contributed by atoms with van der Waals surface area (Å²) in [5.41, 5.74) is -0.198. The molecule has 0 spiro atoms. The van der Waals surface area contributed by atoms with Crippen molar-refractivity contribution in [2.45, 2.75) is 0 Å². The van der Waals surface area contributed by atoms with Gasteiger partial charge < -0.3 is 14.9 Å². The van der Waals surface area contributed by atoms with E-state index in [1.165, 1.54) is 13.2 Å². The fraction of sp³-hybridized carbons (Fsp3) is 0.111. The molecule has 1 aromatic rings. The van der Waals surface area contributed by atoms with Crippen molar-refractivity contribution >= 4 is 5.97 Å². The lowest BCUT2D eigenvalue weighted by atomic mass is 10.1. The van der Waals surface area contributed by atoms with Crippen LogP contribution in [0.25, 0.3) is 0 Å². The van der Waals surface area contributed by atoms with E-state index in [1.54, 1.807) is 6.07 Å². The summed E-state index contributed by atoms with van der Waals surface area (Å²) in [4.78, 5) is 10.7. The maximum Gasteiger partial charge on any atom is 0.339 e. The molecule has 0 radical (unpaired) electrons. The summed E-state index contributed by atoms with van der Waals surface area (Å²) in [6.07, 6.45) is 0. The number of hydrogen-bond donors (Lipinski definition) is 2. The minimum absolute atomic E-state index is 0.0214. The second-order valence-electron chi connectivity index (χ2n) is 2.49. The van der Waals surface area contributed by atoms with E-state index >= 15 is 0 Å². The third-order valence-corrected chi connectivity index (χ3v) is 1.67. The highest BCUT2D eigenvalue weighted by molar-refractivity contribution is 5.91. The van der Waals surface area contributed by atoms with Gasteiger partial charge in [0.25, 0.3) is 0 Å². The van der Waals surface area contributed by atoms with Crippen molar-refractivity contribution in [3.05, 3.63) is 23.3 Å². The van der Waals surface area contributed by atoms with E-state index in [1.807, 2.05) is 0 Å². The first-order chi connectivity index (χ1) is 6.60. The summed E-state index contributed by atoms with van der Waals surface area (Å²) >= 11 is 0. The molecule has 0 bridgehead atoms. The molecule has 0 fully saturated rings. The van der Waals surface area contributed by atoms with E-state index in [4.69, 9.17) is 15.1 Å². The highest BCUT2D eigenvalue weighted by Crippen LogP contribution is 2.27. The number of nitriles is 1. The lowest BCUT2D eigenvalue weighted by Gasteiger charge is -2.05. The van der Waals surface area contributed by atoms with Gasteiger partial charge in [-0.1, -0.05) is 0 Å². The Hall–Kier alpha value is -2.22. The van der Waals surface area contributed by atoms with Crippen molar-refractivity contribution in [3.8, 4) is 17.6 Å². The Morgan fingerprint density at radius 2 is 2.21 bits per heavy atom. The van der Waals surface area contributed by atoms with Crippen molar-refractivity contribution in [3.63, 3.8) is 0 Å². The summed E-state index contributed by atoms with van der Waals surface area (Å²) in [5.74, 6) is -1.54. The molecule has 1 aromatic carbocycles. The van der Waals surface area contributed by atoms with Crippen LogP contribution >= 0.6 is 0 Å². The van der Waals surface area contributed by atoms with Crippen LogP contribution in [0.1, 0.15) is 15.9 Å². The first-order valence-corrected chi connectivity index (χ1v) is 3.64. The molecule has 0 aliphatic heterocycles. The van der Waals surface area contributed by atoms with Crippen molar-refractivity contribution in [1.82, 2.24) is 0 Å². The largest absolute Gasteiger partial charge is 0.507 e. The van der Waals surface area contributed by atoms with Crippen LogP contribution in [0.2, 0.25) is 0 Å². The Labute approximate surface area is 79.8 Å². The van der Waals surface area contributed by atoms with Gasteiger partial charge in [-0.3, -0.25) is 0 Å². The molecule has 2 N–H and O–H groups in total. The second-order valence-corrected chi connectivity index (χ2v) is 2.49. The quantitative estimate of drug-likeness (QED) is 0.730. The standard InChI is InChI=1S/C9H7NO4/c1-14-8-2-5(4-10)7(11)3-6(8)9(12)13/h2-3,11H,1H3,(H,12,13). The molecular formula is C9H7NO4. The van der Waals surface area contributed by atoms with Crippen LogP contribution in [-0.4, -0.2) is 23.3 Å². The topological polar surface area (TPSA) is 90.5 Å². The highest BCUT2D eigenvalue weighted by atomic mass is 16.5. The average Bonchev–Trinajstić information content (AvgIpc) is 2.17. The van der Waals surface area contributed by atoms with Gasteiger partial charge in [-0.15, -0.1) is 0 Å². The third kappa shape index (κ3) is 1.59. The Bertz CT molecular complexity index is 420. The first-order valence-electron chi connectivity index (χ1n) is 3.64. The normalized spacial score (nSPS) is 9.14. The number of benzene rings is 1. The molecule has 0 saturated carbocycles. The van der Waals surface area contributed by atoms with Gasteiger partial charge in [-0.05, 0) is 6.07 Å². The van der Waals surface area contributed by atoms with Crippen LogP contribution in [0.15, 0.2) is 12.1 Å². The van der Waals surface area contributed by atoms with E-state index in [0.29, 0.717) is 0 Å². The number of carbonyl (C=O) groups is 1. The molecule has 0 amide bonds. The number of nitrogens with zero attached hydrogens (tertiary/aromatic N) is 1. The Morgan fingerprint density at radius 3 is 2.64 bits per heavy atom. The van der Waals surface area contributed by atoms with E-state index in [9.17, 15) is 9.90 Å². The molecule has 5 heteroatoms. The molecule has 14 heavy (non-hydrogen) atoms. The second kappa shape index (κ2) is 3.66. The van der Waals surface area contributed by atoms with Crippen LogP contribution < -0.4 is 4.74 Å². The molecule has 0 aliphatic rings. The van der Waals surface area contributed by atoms with E-state index in [2.05, 4.69) is 0 Å². The molecule has 0 aliphatic carbocycles. The molecule has 0 saturated heterocycles. The van der Waals surface area contributed by atoms with Crippen LogP contribution in [0, 0.1) is 11.3 Å². The summed E-state index contributed by atoms with van der Waals surface area (Å²) < 4.78 is 4.76. The number of phenolic OH excluding ortho intramolecular Hbond substituents is 1. The molecule has 0 heterocycles. The zero-order chi connectivity index (χ0) is 10.7. The maximum atomic E-state index is 10.7. The molecular weight excluding hydrogens is 186 g/mol. The first kappa shape index (κ1) is 9.86. The number of aromatic carboxylic acids is 1. The van der Waals surface area contributed by atoms with E-state index in [0.717, 1.165) is 6.07 Å². The monoisotopic (exact) mass is 193 g/mol. The Morgan fingerprint density at radius 1 is 1.57 bits per heavy atom. The van der Waals surface area contributed by atoms with Gasteiger partial charge in [0.05, 0.1) is 12.7 Å². The summed E-state index contributed by atoms with van der Waals surface area (Å²) in [5, 5.41) is 26.5. The van der Waals surface area contributed by atoms with Crippen molar-refractivity contribution in [2.75, 3.05) is 7.11 Å². The Balaban J connectivity index is 3.41. The molecule has 1 rings (SSSR count). The van der Waals surface area contributed by atoms with Gasteiger partial charge in [0, 0.05) is 6.07 Å².